The van der Waals surface area contributed by atoms with Crippen LogP contribution in [-0.4, -0.2) is 37.0 Å². The molecule has 5 heteroatoms. The lowest BCUT2D eigenvalue weighted by molar-refractivity contribution is 0.0683. The van der Waals surface area contributed by atoms with Crippen LogP contribution in [-0.2, 0) is 4.74 Å². The van der Waals surface area contributed by atoms with Gasteiger partial charge in [0.25, 0.3) is 0 Å². The molecule has 1 saturated heterocycles. The number of amidine groups is 1. The van der Waals surface area contributed by atoms with Crippen LogP contribution >= 0.6 is 0 Å². The van der Waals surface area contributed by atoms with Crippen molar-refractivity contribution in [1.29, 1.82) is 0 Å². The first-order chi connectivity index (χ1) is 12.3. The van der Waals surface area contributed by atoms with E-state index in [4.69, 9.17) is 4.74 Å². The average Bonchev–Trinajstić information content (AvgIpc) is 2.69. The number of nitrogens with zero attached hydrogens (tertiary/aromatic N) is 2. The molecule has 1 aromatic rings. The summed E-state index contributed by atoms with van der Waals surface area (Å²) in [6, 6.07) is 10.1. The van der Waals surface area contributed by atoms with Crippen LogP contribution < -0.4 is 10.6 Å². The van der Waals surface area contributed by atoms with E-state index in [1.165, 1.54) is 0 Å². The summed E-state index contributed by atoms with van der Waals surface area (Å²) in [5.74, 6) is 2.68. The summed E-state index contributed by atoms with van der Waals surface area (Å²) in [5.41, 5.74) is 2.06. The van der Waals surface area contributed by atoms with Gasteiger partial charge in [0.1, 0.15) is 17.5 Å². The predicted octanol–water partition coefficient (Wildman–Crippen LogP) is 2.84. The van der Waals surface area contributed by atoms with Crippen molar-refractivity contribution in [3.8, 4) is 0 Å². The van der Waals surface area contributed by atoms with Crippen molar-refractivity contribution >= 4 is 11.4 Å². The molecule has 0 saturated carbocycles. The van der Waals surface area contributed by atoms with Crippen LogP contribution in [0, 0.1) is 0 Å². The zero-order valence-corrected chi connectivity index (χ0v) is 14.5. The van der Waals surface area contributed by atoms with Crippen LogP contribution in [0.4, 0.5) is 0 Å². The van der Waals surface area contributed by atoms with E-state index in [0.717, 1.165) is 54.9 Å². The summed E-state index contributed by atoms with van der Waals surface area (Å²) < 4.78 is 5.42. The van der Waals surface area contributed by atoms with Crippen molar-refractivity contribution in [3.05, 3.63) is 78.5 Å². The number of benzene rings is 1. The fourth-order valence-electron chi connectivity index (χ4n) is 2.64. The molecule has 2 aliphatic rings. The highest BCUT2D eigenvalue weighted by Crippen LogP contribution is 2.13. The molecule has 5 nitrogen and oxygen atoms in total. The third-order valence-electron chi connectivity index (χ3n) is 4.05. The van der Waals surface area contributed by atoms with Crippen molar-refractivity contribution in [2.24, 2.45) is 4.99 Å². The van der Waals surface area contributed by atoms with E-state index in [1.54, 1.807) is 0 Å². The zero-order valence-electron chi connectivity index (χ0n) is 14.5. The second-order valence-corrected chi connectivity index (χ2v) is 5.80. The molecule has 0 bridgehead atoms. The number of morpholine rings is 1. The molecule has 25 heavy (non-hydrogen) atoms. The van der Waals surface area contributed by atoms with Crippen LogP contribution in [0.25, 0.3) is 5.57 Å². The topological polar surface area (TPSA) is 48.9 Å². The van der Waals surface area contributed by atoms with Crippen molar-refractivity contribution < 1.29 is 4.74 Å². The Morgan fingerprint density at radius 3 is 2.76 bits per heavy atom. The standard InChI is InChI=1S/C20H24N4O/c1-3-18-22-19(15-20(23-18)24-11-13-25-14-12-24)21-10-9-16(2)17-7-5-4-6-8-17/h3-10,15,21-22H,2,11-14H2,1H3/b10-9-,18-3-. The Balaban J connectivity index is 1.66. The van der Waals surface area contributed by atoms with Gasteiger partial charge in [-0.3, -0.25) is 0 Å². The van der Waals surface area contributed by atoms with Gasteiger partial charge in [0, 0.05) is 25.4 Å². The van der Waals surface area contributed by atoms with Gasteiger partial charge in [0.2, 0.25) is 0 Å². The maximum Gasteiger partial charge on any atom is 0.134 e. The third kappa shape index (κ3) is 4.61. The van der Waals surface area contributed by atoms with Gasteiger partial charge < -0.3 is 20.3 Å². The Labute approximate surface area is 149 Å². The van der Waals surface area contributed by atoms with Crippen LogP contribution in [0.15, 0.2) is 78.0 Å². The fraction of sp³-hybridized carbons (Fsp3) is 0.250. The predicted molar refractivity (Wildman–Crippen MR) is 103 cm³/mol. The van der Waals surface area contributed by atoms with Gasteiger partial charge in [-0.25, -0.2) is 4.99 Å². The van der Waals surface area contributed by atoms with E-state index in [1.807, 2.05) is 61.7 Å². The van der Waals surface area contributed by atoms with Crippen molar-refractivity contribution in [2.75, 3.05) is 26.3 Å². The molecule has 1 fully saturated rings. The summed E-state index contributed by atoms with van der Waals surface area (Å²) in [7, 11) is 0. The largest absolute Gasteiger partial charge is 0.378 e. The second kappa shape index (κ2) is 8.35. The first-order valence-corrected chi connectivity index (χ1v) is 8.50. The van der Waals surface area contributed by atoms with Gasteiger partial charge in [0.05, 0.1) is 13.2 Å². The molecular weight excluding hydrogens is 312 g/mol. The lowest BCUT2D eigenvalue weighted by Gasteiger charge is -2.30. The normalized spacial score (nSPS) is 19.4. The third-order valence-corrected chi connectivity index (χ3v) is 4.05. The molecule has 2 heterocycles. The Kier molecular flexibility index (Phi) is 5.69. The number of allylic oxidation sites excluding steroid dienone is 3. The van der Waals surface area contributed by atoms with E-state index < -0.39 is 0 Å². The number of rotatable bonds is 4. The van der Waals surface area contributed by atoms with Crippen LogP contribution in [0.2, 0.25) is 0 Å². The minimum absolute atomic E-state index is 0.741. The molecule has 0 atom stereocenters. The van der Waals surface area contributed by atoms with Gasteiger partial charge in [-0.1, -0.05) is 36.9 Å². The van der Waals surface area contributed by atoms with Crippen molar-refractivity contribution in [3.63, 3.8) is 0 Å². The maximum atomic E-state index is 5.42. The molecule has 0 spiro atoms. The number of hydrogen-bond donors (Lipinski definition) is 2. The lowest BCUT2D eigenvalue weighted by Crippen LogP contribution is -2.42. The van der Waals surface area contributed by atoms with E-state index >= 15 is 0 Å². The molecule has 3 rings (SSSR count). The monoisotopic (exact) mass is 336 g/mol. The van der Waals surface area contributed by atoms with E-state index in [2.05, 4.69) is 27.1 Å². The molecule has 2 aliphatic heterocycles. The number of nitrogens with one attached hydrogen (secondary N) is 2. The van der Waals surface area contributed by atoms with Gasteiger partial charge in [-0.2, -0.15) is 0 Å². The second-order valence-electron chi connectivity index (χ2n) is 5.80. The Morgan fingerprint density at radius 2 is 2.04 bits per heavy atom. The first kappa shape index (κ1) is 17.0. The summed E-state index contributed by atoms with van der Waals surface area (Å²) in [5, 5.41) is 6.56. The Bertz CT molecular complexity index is 725. The smallest absolute Gasteiger partial charge is 0.134 e. The van der Waals surface area contributed by atoms with Crippen LogP contribution in [0.3, 0.4) is 0 Å². The fourth-order valence-corrected chi connectivity index (χ4v) is 2.64. The minimum atomic E-state index is 0.741. The molecule has 1 aromatic carbocycles. The van der Waals surface area contributed by atoms with Gasteiger partial charge in [-0.05, 0) is 30.2 Å². The molecule has 0 amide bonds. The van der Waals surface area contributed by atoms with E-state index in [0.29, 0.717) is 0 Å². The average molecular weight is 336 g/mol. The zero-order chi connectivity index (χ0) is 17.5. The van der Waals surface area contributed by atoms with Gasteiger partial charge >= 0.3 is 0 Å². The summed E-state index contributed by atoms with van der Waals surface area (Å²) in [6.07, 6.45) is 7.84. The van der Waals surface area contributed by atoms with Crippen LogP contribution in [0.1, 0.15) is 12.5 Å². The SMILES string of the molecule is C=C(/C=C\NC1=CC(N2CCOCC2)=N/C(=C\C)N1)c1ccccc1. The molecule has 0 radical (unpaired) electrons. The highest BCUT2D eigenvalue weighted by Gasteiger charge is 2.17. The Morgan fingerprint density at radius 1 is 1.28 bits per heavy atom. The Hall–Kier alpha value is -2.79. The van der Waals surface area contributed by atoms with Crippen molar-refractivity contribution in [2.45, 2.75) is 6.92 Å². The number of hydrogen-bond acceptors (Lipinski definition) is 5. The van der Waals surface area contributed by atoms with E-state index in [9.17, 15) is 0 Å². The summed E-state index contributed by atoms with van der Waals surface area (Å²) in [4.78, 5) is 6.88. The quantitative estimate of drug-likeness (QED) is 0.830. The maximum absolute atomic E-state index is 5.42. The number of aliphatic imine (C=N–C) groups is 1. The lowest BCUT2D eigenvalue weighted by atomic mass is 10.1. The molecule has 0 aliphatic carbocycles. The molecule has 2 N–H and O–H groups in total. The molecule has 0 aromatic heterocycles. The van der Waals surface area contributed by atoms with Gasteiger partial charge in [-0.15, -0.1) is 0 Å². The first-order valence-electron chi connectivity index (χ1n) is 8.50. The number of ether oxygens (including phenoxy) is 1. The highest BCUT2D eigenvalue weighted by atomic mass is 16.5. The van der Waals surface area contributed by atoms with E-state index in [-0.39, 0.29) is 0 Å². The van der Waals surface area contributed by atoms with Gasteiger partial charge in [0.15, 0.2) is 0 Å². The molecule has 130 valence electrons. The summed E-state index contributed by atoms with van der Waals surface area (Å²) >= 11 is 0. The molecule has 0 unspecified atom stereocenters. The summed E-state index contributed by atoms with van der Waals surface area (Å²) in [6.45, 7) is 9.28. The highest BCUT2D eigenvalue weighted by molar-refractivity contribution is 5.95. The molecular formula is C20H24N4O. The van der Waals surface area contributed by atoms with Crippen LogP contribution in [0.5, 0.6) is 0 Å². The van der Waals surface area contributed by atoms with Crippen molar-refractivity contribution in [1.82, 2.24) is 15.5 Å². The minimum Gasteiger partial charge on any atom is -0.378 e.